The number of halogens is 5. The Labute approximate surface area is 103 Å². The van der Waals surface area contributed by atoms with Gasteiger partial charge in [-0.25, -0.2) is 4.79 Å². The number of alkyl halides is 5. The molecular formula is C8H10F5NO3S. The highest BCUT2D eigenvalue weighted by Gasteiger charge is 2.63. The molecule has 18 heavy (non-hydrogen) atoms. The van der Waals surface area contributed by atoms with Crippen LogP contribution in [0.15, 0.2) is 0 Å². The maximum Gasteiger partial charge on any atom is 0.463 e. The molecule has 0 aliphatic carbocycles. The molecule has 0 saturated carbocycles. The molecule has 0 radical (unpaired) electrons. The Hall–Kier alpha value is -1.06. The Morgan fingerprint density at radius 1 is 1.28 bits per heavy atom. The summed E-state index contributed by atoms with van der Waals surface area (Å²) in [6.07, 6.45) is -4.72. The number of hydrogen-bond donors (Lipinski definition) is 2. The van der Waals surface area contributed by atoms with Crippen molar-refractivity contribution in [2.24, 2.45) is 0 Å². The molecule has 0 saturated heterocycles. The summed E-state index contributed by atoms with van der Waals surface area (Å²) in [6, 6.07) is -1.78. The van der Waals surface area contributed by atoms with Gasteiger partial charge >= 0.3 is 24.0 Å². The van der Waals surface area contributed by atoms with Crippen LogP contribution in [0.2, 0.25) is 0 Å². The molecule has 0 fully saturated rings. The monoisotopic (exact) mass is 295 g/mol. The van der Waals surface area contributed by atoms with Crippen LogP contribution in [0.4, 0.5) is 22.0 Å². The third kappa shape index (κ3) is 4.31. The summed E-state index contributed by atoms with van der Waals surface area (Å²) in [6.45, 7) is 0. The Morgan fingerprint density at radius 3 is 2.11 bits per heavy atom. The summed E-state index contributed by atoms with van der Waals surface area (Å²) >= 11 is 1.16. The maximum atomic E-state index is 12.5. The van der Waals surface area contributed by atoms with Crippen molar-refractivity contribution in [3.8, 4) is 0 Å². The largest absolute Gasteiger partial charge is 0.480 e. The summed E-state index contributed by atoms with van der Waals surface area (Å²) < 4.78 is 60.5. The second kappa shape index (κ2) is 6.21. The summed E-state index contributed by atoms with van der Waals surface area (Å²) in [5.41, 5.74) is 0. The number of carboxylic acid groups (broad SMARTS) is 1. The van der Waals surface area contributed by atoms with Gasteiger partial charge in [-0.2, -0.15) is 33.7 Å². The number of thioether (sulfide) groups is 1. The minimum Gasteiger partial charge on any atom is -0.480 e. The smallest absolute Gasteiger partial charge is 0.463 e. The van der Waals surface area contributed by atoms with E-state index in [2.05, 4.69) is 0 Å². The maximum absolute atomic E-state index is 12.5. The van der Waals surface area contributed by atoms with Crippen molar-refractivity contribution >= 4 is 23.6 Å². The van der Waals surface area contributed by atoms with E-state index in [1.165, 1.54) is 5.32 Å². The Kier molecular flexibility index (Phi) is 5.84. The van der Waals surface area contributed by atoms with Crippen LogP contribution in [-0.4, -0.2) is 47.1 Å². The van der Waals surface area contributed by atoms with E-state index in [1.54, 1.807) is 6.26 Å². The van der Waals surface area contributed by atoms with Gasteiger partial charge in [-0.05, 0) is 18.4 Å². The number of nitrogens with one attached hydrogen (secondary N) is 1. The normalized spacial score (nSPS) is 14.1. The molecule has 0 aliphatic heterocycles. The fourth-order valence-electron chi connectivity index (χ4n) is 0.871. The zero-order valence-electron chi connectivity index (χ0n) is 9.05. The second-order valence-electron chi connectivity index (χ2n) is 3.22. The average molecular weight is 295 g/mol. The molecule has 1 atom stereocenters. The number of aliphatic carboxylic acids is 1. The summed E-state index contributed by atoms with van der Waals surface area (Å²) in [5.74, 6) is -9.76. The van der Waals surface area contributed by atoms with Gasteiger partial charge in [-0.1, -0.05) is 0 Å². The first-order valence-corrected chi connectivity index (χ1v) is 5.90. The first kappa shape index (κ1) is 16.9. The van der Waals surface area contributed by atoms with Crippen molar-refractivity contribution < 1.29 is 36.6 Å². The molecule has 0 aliphatic rings. The van der Waals surface area contributed by atoms with Crippen LogP contribution in [0.1, 0.15) is 6.42 Å². The van der Waals surface area contributed by atoms with Crippen LogP contribution in [-0.2, 0) is 9.59 Å². The molecule has 0 rings (SSSR count). The Balaban J connectivity index is 4.75. The number of carbonyl (C=O) groups excluding carboxylic acids is 1. The zero-order chi connectivity index (χ0) is 14.6. The van der Waals surface area contributed by atoms with Gasteiger partial charge in [0.05, 0.1) is 0 Å². The molecule has 0 bridgehead atoms. The molecule has 4 nitrogen and oxygen atoms in total. The highest BCUT2D eigenvalue weighted by atomic mass is 32.2. The molecule has 1 amide bonds. The molecule has 0 aromatic rings. The minimum absolute atomic E-state index is 0.189. The number of hydrogen-bond acceptors (Lipinski definition) is 3. The standard InChI is InChI=1S/C8H10F5NO3S/c1-18-3-2-4(5(15)16)14-6(17)7(9,10)8(11,12)13/h4H,2-3H2,1H3,(H,14,17)(H,15,16)/t4-/m0/s1. The molecule has 0 spiro atoms. The second-order valence-corrected chi connectivity index (χ2v) is 4.20. The lowest BCUT2D eigenvalue weighted by Crippen LogP contribution is -2.54. The highest BCUT2D eigenvalue weighted by molar-refractivity contribution is 7.98. The van der Waals surface area contributed by atoms with E-state index < -0.39 is 30.0 Å². The molecule has 0 heterocycles. The first-order chi connectivity index (χ1) is 8.04. The summed E-state index contributed by atoms with van der Waals surface area (Å²) in [4.78, 5) is 21.3. The Bertz CT molecular complexity index is 320. The lowest BCUT2D eigenvalue weighted by molar-refractivity contribution is -0.270. The molecule has 0 aromatic carbocycles. The summed E-state index contributed by atoms with van der Waals surface area (Å²) in [7, 11) is 0. The van der Waals surface area contributed by atoms with E-state index >= 15 is 0 Å². The fourth-order valence-corrected chi connectivity index (χ4v) is 1.34. The number of carboxylic acids is 1. The van der Waals surface area contributed by atoms with Crippen molar-refractivity contribution in [1.82, 2.24) is 5.32 Å². The zero-order valence-corrected chi connectivity index (χ0v) is 9.87. The van der Waals surface area contributed by atoms with Crippen LogP contribution >= 0.6 is 11.8 Å². The van der Waals surface area contributed by atoms with Gasteiger partial charge in [0.25, 0.3) is 0 Å². The molecule has 0 unspecified atom stereocenters. The van der Waals surface area contributed by atoms with E-state index in [9.17, 15) is 31.5 Å². The number of amides is 1. The molecule has 0 aromatic heterocycles. The van der Waals surface area contributed by atoms with Crippen LogP contribution in [0.5, 0.6) is 0 Å². The molecule has 10 heteroatoms. The van der Waals surface area contributed by atoms with E-state index in [-0.39, 0.29) is 12.2 Å². The number of carbonyl (C=O) groups is 2. The molecular weight excluding hydrogens is 285 g/mol. The van der Waals surface area contributed by atoms with Crippen LogP contribution in [0.3, 0.4) is 0 Å². The van der Waals surface area contributed by atoms with Gasteiger partial charge in [0.2, 0.25) is 0 Å². The van der Waals surface area contributed by atoms with Gasteiger partial charge in [0.1, 0.15) is 6.04 Å². The first-order valence-electron chi connectivity index (χ1n) is 4.51. The summed E-state index contributed by atoms with van der Waals surface area (Å²) in [5, 5.41) is 9.74. The highest BCUT2D eigenvalue weighted by Crippen LogP contribution is 2.35. The molecule has 106 valence electrons. The van der Waals surface area contributed by atoms with Crippen LogP contribution < -0.4 is 5.32 Å². The van der Waals surface area contributed by atoms with E-state index in [0.717, 1.165) is 11.8 Å². The van der Waals surface area contributed by atoms with Crippen molar-refractivity contribution in [2.45, 2.75) is 24.6 Å². The average Bonchev–Trinajstić information content (AvgIpc) is 2.21. The van der Waals surface area contributed by atoms with Crippen molar-refractivity contribution in [3.63, 3.8) is 0 Å². The predicted molar refractivity (Wildman–Crippen MR) is 53.6 cm³/mol. The predicted octanol–water partition coefficient (Wildman–Crippen LogP) is 1.51. The van der Waals surface area contributed by atoms with Gasteiger partial charge in [0.15, 0.2) is 0 Å². The van der Waals surface area contributed by atoms with Crippen molar-refractivity contribution in [3.05, 3.63) is 0 Å². The van der Waals surface area contributed by atoms with Crippen LogP contribution in [0, 0.1) is 0 Å². The topological polar surface area (TPSA) is 66.4 Å². The van der Waals surface area contributed by atoms with Crippen LogP contribution in [0.25, 0.3) is 0 Å². The third-order valence-corrected chi connectivity index (χ3v) is 2.50. The fraction of sp³-hybridized carbons (Fsp3) is 0.750. The van der Waals surface area contributed by atoms with E-state index in [4.69, 9.17) is 5.11 Å². The lowest BCUT2D eigenvalue weighted by atomic mass is 10.2. The van der Waals surface area contributed by atoms with E-state index in [1.807, 2.05) is 0 Å². The van der Waals surface area contributed by atoms with Gasteiger partial charge in [0, 0.05) is 0 Å². The van der Waals surface area contributed by atoms with Crippen molar-refractivity contribution in [2.75, 3.05) is 12.0 Å². The third-order valence-electron chi connectivity index (χ3n) is 1.86. The van der Waals surface area contributed by atoms with Gasteiger partial charge in [-0.15, -0.1) is 0 Å². The lowest BCUT2D eigenvalue weighted by Gasteiger charge is -2.21. The quantitative estimate of drug-likeness (QED) is 0.729. The van der Waals surface area contributed by atoms with Gasteiger partial charge < -0.3 is 10.4 Å². The molecule has 2 N–H and O–H groups in total. The Morgan fingerprint density at radius 2 is 1.78 bits per heavy atom. The van der Waals surface area contributed by atoms with E-state index in [0.29, 0.717) is 0 Å². The SMILES string of the molecule is CSCC[C@H](NC(=O)C(F)(F)C(F)(F)F)C(=O)O. The van der Waals surface area contributed by atoms with Crippen molar-refractivity contribution in [1.29, 1.82) is 0 Å². The minimum atomic E-state index is -6.06. The van der Waals surface area contributed by atoms with Gasteiger partial charge in [-0.3, -0.25) is 4.79 Å². The number of rotatable bonds is 6.